The van der Waals surface area contributed by atoms with Gasteiger partial charge in [0, 0.05) is 24.8 Å². The van der Waals surface area contributed by atoms with E-state index in [0.29, 0.717) is 18.7 Å². The van der Waals surface area contributed by atoms with E-state index in [1.165, 1.54) is 16.6 Å². The van der Waals surface area contributed by atoms with Gasteiger partial charge in [0.2, 0.25) is 15.9 Å². The van der Waals surface area contributed by atoms with Gasteiger partial charge in [-0.3, -0.25) is 9.52 Å². The number of piperidine rings is 1. The van der Waals surface area contributed by atoms with E-state index >= 15 is 0 Å². The minimum atomic E-state index is -3.61. The Hall–Kier alpha value is -1.95. The molecule has 1 amide bonds. The maximum atomic E-state index is 12.3. The molecule has 0 bridgehead atoms. The average molecular weight is 458 g/mol. The second-order valence-corrected chi connectivity index (χ2v) is 11.8. The fourth-order valence-corrected chi connectivity index (χ4v) is 6.10. The second-order valence-electron chi connectivity index (χ2n) is 6.94. The van der Waals surface area contributed by atoms with Crippen molar-refractivity contribution in [3.8, 4) is 0 Å². The average Bonchev–Trinajstić information content (AvgIpc) is 3.18. The Morgan fingerprint density at radius 2 is 1.90 bits per heavy atom. The van der Waals surface area contributed by atoms with Crippen molar-refractivity contribution < 1.29 is 21.6 Å². The summed E-state index contributed by atoms with van der Waals surface area (Å²) in [6, 6.07) is 9.59. The Morgan fingerprint density at radius 3 is 2.52 bits per heavy atom. The smallest absolute Gasteiger partial charge is 0.271 e. The highest BCUT2D eigenvalue weighted by molar-refractivity contribution is 7.94. The summed E-state index contributed by atoms with van der Waals surface area (Å²) < 4.78 is 51.9. The predicted molar refractivity (Wildman–Crippen MR) is 113 cm³/mol. The molecule has 1 fully saturated rings. The number of carbonyl (C=O) groups excluding carboxylic acids is 1. The fourth-order valence-electron chi connectivity index (χ4n) is 3.14. The van der Waals surface area contributed by atoms with Gasteiger partial charge in [0.05, 0.1) is 12.7 Å². The standard InChI is InChI=1S/C18H23N3O5S3/c1-28(23,24)21-10-2-4-16(13-21)19-17(22)12-14-6-8-15(9-7-14)20-29(25,26)18-5-3-11-27-18/h3,5-9,11,16,20H,2,4,10,12-13H2,1H3,(H,19,22). The summed E-state index contributed by atoms with van der Waals surface area (Å²) in [6.45, 7) is 0.766. The number of hydrogen-bond donors (Lipinski definition) is 2. The summed E-state index contributed by atoms with van der Waals surface area (Å²) in [5.74, 6) is -0.197. The highest BCUT2D eigenvalue weighted by atomic mass is 32.2. The molecule has 158 valence electrons. The van der Waals surface area contributed by atoms with Crippen molar-refractivity contribution in [2.45, 2.75) is 29.5 Å². The Balaban J connectivity index is 1.55. The molecule has 1 aliphatic rings. The van der Waals surface area contributed by atoms with E-state index in [4.69, 9.17) is 0 Å². The quantitative estimate of drug-likeness (QED) is 0.656. The van der Waals surface area contributed by atoms with Gasteiger partial charge in [0.15, 0.2) is 0 Å². The molecule has 0 saturated carbocycles. The first-order valence-corrected chi connectivity index (χ1v) is 13.2. The lowest BCUT2D eigenvalue weighted by molar-refractivity contribution is -0.121. The van der Waals surface area contributed by atoms with E-state index < -0.39 is 20.0 Å². The van der Waals surface area contributed by atoms with Crippen molar-refractivity contribution in [2.24, 2.45) is 0 Å². The van der Waals surface area contributed by atoms with Gasteiger partial charge in [-0.05, 0) is 42.0 Å². The molecule has 0 spiro atoms. The Kier molecular flexibility index (Phi) is 6.62. The minimum absolute atomic E-state index is 0.132. The topological polar surface area (TPSA) is 113 Å². The number of sulfonamides is 2. The van der Waals surface area contributed by atoms with Gasteiger partial charge in [0.1, 0.15) is 4.21 Å². The van der Waals surface area contributed by atoms with Crippen LogP contribution in [0.3, 0.4) is 0 Å². The van der Waals surface area contributed by atoms with Crippen LogP contribution < -0.4 is 10.0 Å². The van der Waals surface area contributed by atoms with E-state index in [1.807, 2.05) is 0 Å². The van der Waals surface area contributed by atoms with Crippen LogP contribution in [0.25, 0.3) is 0 Å². The third kappa shape index (κ3) is 6.01. The van der Waals surface area contributed by atoms with Crippen LogP contribution in [-0.4, -0.2) is 52.4 Å². The van der Waals surface area contributed by atoms with Crippen LogP contribution in [0, 0.1) is 0 Å². The number of nitrogens with zero attached hydrogens (tertiary/aromatic N) is 1. The van der Waals surface area contributed by atoms with Gasteiger partial charge in [0.25, 0.3) is 10.0 Å². The molecule has 2 heterocycles. The van der Waals surface area contributed by atoms with Crippen LogP contribution in [0.1, 0.15) is 18.4 Å². The van der Waals surface area contributed by atoms with Crippen molar-refractivity contribution in [2.75, 3.05) is 24.1 Å². The summed E-state index contributed by atoms with van der Waals surface area (Å²) in [4.78, 5) is 12.3. The van der Waals surface area contributed by atoms with Crippen molar-refractivity contribution in [3.05, 3.63) is 47.3 Å². The lowest BCUT2D eigenvalue weighted by Gasteiger charge is -2.31. The molecule has 1 aromatic heterocycles. The number of rotatable bonds is 7. The third-order valence-electron chi connectivity index (χ3n) is 4.55. The molecular formula is C18H23N3O5S3. The number of nitrogens with one attached hydrogen (secondary N) is 2. The maximum absolute atomic E-state index is 12.3. The normalized spacial score (nSPS) is 18.3. The Morgan fingerprint density at radius 1 is 1.17 bits per heavy atom. The molecule has 29 heavy (non-hydrogen) atoms. The van der Waals surface area contributed by atoms with Gasteiger partial charge in [-0.1, -0.05) is 18.2 Å². The number of anilines is 1. The van der Waals surface area contributed by atoms with Crippen molar-refractivity contribution in [1.82, 2.24) is 9.62 Å². The molecule has 1 saturated heterocycles. The first kappa shape index (κ1) is 21.8. The van der Waals surface area contributed by atoms with Crippen LogP contribution >= 0.6 is 11.3 Å². The first-order chi connectivity index (χ1) is 13.6. The summed E-state index contributed by atoms with van der Waals surface area (Å²) in [7, 11) is -6.87. The number of benzene rings is 1. The molecule has 2 N–H and O–H groups in total. The highest BCUT2D eigenvalue weighted by Crippen LogP contribution is 2.20. The van der Waals surface area contributed by atoms with Crippen molar-refractivity contribution >= 4 is 43.0 Å². The van der Waals surface area contributed by atoms with E-state index in [1.54, 1.807) is 35.7 Å². The van der Waals surface area contributed by atoms with E-state index in [-0.39, 0.29) is 29.1 Å². The number of thiophene rings is 1. The molecule has 0 aliphatic carbocycles. The Labute approximate surface area is 175 Å². The second kappa shape index (κ2) is 8.82. The molecule has 8 nitrogen and oxygen atoms in total. The van der Waals surface area contributed by atoms with Crippen molar-refractivity contribution in [3.63, 3.8) is 0 Å². The SMILES string of the molecule is CS(=O)(=O)N1CCCC(NC(=O)Cc2ccc(NS(=O)(=O)c3cccs3)cc2)C1. The minimum Gasteiger partial charge on any atom is -0.352 e. The molecule has 11 heteroatoms. The van der Waals surface area contributed by atoms with Crippen LogP contribution in [0.5, 0.6) is 0 Å². The highest BCUT2D eigenvalue weighted by Gasteiger charge is 2.26. The molecule has 1 unspecified atom stereocenters. The van der Waals surface area contributed by atoms with Gasteiger partial charge in [-0.2, -0.15) is 0 Å². The third-order valence-corrected chi connectivity index (χ3v) is 8.60. The molecular weight excluding hydrogens is 434 g/mol. The van der Waals surface area contributed by atoms with Gasteiger partial charge >= 0.3 is 0 Å². The zero-order chi connectivity index (χ0) is 21.1. The molecule has 1 aliphatic heterocycles. The van der Waals surface area contributed by atoms with Crippen LogP contribution in [0.15, 0.2) is 46.0 Å². The van der Waals surface area contributed by atoms with E-state index in [2.05, 4.69) is 10.0 Å². The largest absolute Gasteiger partial charge is 0.352 e. The molecule has 3 rings (SSSR count). The molecule has 2 aromatic rings. The van der Waals surface area contributed by atoms with Gasteiger partial charge in [-0.25, -0.2) is 21.1 Å². The van der Waals surface area contributed by atoms with Gasteiger partial charge in [-0.15, -0.1) is 11.3 Å². The van der Waals surface area contributed by atoms with Crippen LogP contribution in [0.2, 0.25) is 0 Å². The predicted octanol–water partition coefficient (Wildman–Crippen LogP) is 1.63. The number of carbonyl (C=O) groups is 1. The van der Waals surface area contributed by atoms with Crippen LogP contribution in [-0.2, 0) is 31.3 Å². The molecule has 1 atom stereocenters. The zero-order valence-electron chi connectivity index (χ0n) is 15.9. The number of hydrogen-bond acceptors (Lipinski definition) is 6. The monoisotopic (exact) mass is 457 g/mol. The molecule has 0 radical (unpaired) electrons. The summed E-state index contributed by atoms with van der Waals surface area (Å²) >= 11 is 1.13. The summed E-state index contributed by atoms with van der Waals surface area (Å²) in [5.41, 5.74) is 1.15. The first-order valence-electron chi connectivity index (χ1n) is 9.03. The zero-order valence-corrected chi connectivity index (χ0v) is 18.3. The lowest BCUT2D eigenvalue weighted by Crippen LogP contribution is -2.49. The summed E-state index contributed by atoms with van der Waals surface area (Å²) in [5, 5.41) is 4.58. The Bertz CT molecular complexity index is 1050. The summed E-state index contributed by atoms with van der Waals surface area (Å²) in [6.07, 6.45) is 2.75. The van der Waals surface area contributed by atoms with E-state index in [0.717, 1.165) is 23.3 Å². The molecule has 1 aromatic carbocycles. The van der Waals surface area contributed by atoms with Crippen LogP contribution in [0.4, 0.5) is 5.69 Å². The maximum Gasteiger partial charge on any atom is 0.271 e. The van der Waals surface area contributed by atoms with Crippen molar-refractivity contribution in [1.29, 1.82) is 0 Å². The fraction of sp³-hybridized carbons (Fsp3) is 0.389. The van der Waals surface area contributed by atoms with E-state index in [9.17, 15) is 21.6 Å². The lowest BCUT2D eigenvalue weighted by atomic mass is 10.1. The number of amides is 1. The van der Waals surface area contributed by atoms with Gasteiger partial charge < -0.3 is 5.32 Å².